The number of likely N-dealkylation sites (tertiary alicyclic amines) is 2. The van der Waals surface area contributed by atoms with Gasteiger partial charge in [-0.05, 0) is 93.8 Å². The van der Waals surface area contributed by atoms with Gasteiger partial charge in [0.05, 0.1) is 16.7 Å². The molecule has 1 spiro atoms. The summed E-state index contributed by atoms with van der Waals surface area (Å²) in [6.45, 7) is 7.04. The molecule has 0 bridgehead atoms. The summed E-state index contributed by atoms with van der Waals surface area (Å²) in [5.41, 5.74) is 2.97. The summed E-state index contributed by atoms with van der Waals surface area (Å²) in [4.78, 5) is 33.1. The molecule has 1 unspecified atom stereocenters. The van der Waals surface area contributed by atoms with Crippen molar-refractivity contribution in [3.63, 3.8) is 0 Å². The number of hydrogen-bond donors (Lipinski definition) is 1. The fraction of sp³-hybridized carbons (Fsp3) is 0.562. The second-order valence-electron chi connectivity index (χ2n) is 12.5. The minimum absolute atomic E-state index is 0.0993. The van der Waals surface area contributed by atoms with Crippen LogP contribution in [0.15, 0.2) is 42.5 Å². The molecule has 0 aromatic heterocycles. The molecule has 3 aliphatic heterocycles. The van der Waals surface area contributed by atoms with E-state index in [1.54, 1.807) is 0 Å². The highest BCUT2D eigenvalue weighted by molar-refractivity contribution is 6.42. The SMILES string of the molecule is Cc1cccc(N2CNC(=O)C23CCN(CCCC2(c4ccc(Cl)c(Cl)c4)CCN(C(=O)C4CCC4)C2)CC3)c1. The van der Waals surface area contributed by atoms with Gasteiger partial charge in [-0.3, -0.25) is 9.59 Å². The van der Waals surface area contributed by atoms with Gasteiger partial charge in [-0.25, -0.2) is 0 Å². The van der Waals surface area contributed by atoms with E-state index < -0.39 is 5.54 Å². The zero-order chi connectivity index (χ0) is 27.9. The predicted octanol–water partition coefficient (Wildman–Crippen LogP) is 5.78. The van der Waals surface area contributed by atoms with Gasteiger partial charge in [0.15, 0.2) is 0 Å². The zero-order valence-electron chi connectivity index (χ0n) is 23.4. The summed E-state index contributed by atoms with van der Waals surface area (Å²) in [6.07, 6.45) is 7.88. The average molecular weight is 584 g/mol. The summed E-state index contributed by atoms with van der Waals surface area (Å²) in [5, 5.41) is 4.27. The van der Waals surface area contributed by atoms with E-state index in [1.165, 1.54) is 17.5 Å². The normalized spacial score (nSPS) is 24.9. The van der Waals surface area contributed by atoms with Gasteiger partial charge in [0.2, 0.25) is 11.8 Å². The average Bonchev–Trinajstić information content (AvgIpc) is 3.48. The first kappa shape index (κ1) is 27.9. The quantitative estimate of drug-likeness (QED) is 0.449. The molecule has 2 amide bonds. The third kappa shape index (κ3) is 5.12. The Bertz CT molecular complexity index is 1270. The molecule has 2 aromatic rings. The van der Waals surface area contributed by atoms with Crippen LogP contribution in [0.3, 0.4) is 0 Å². The molecule has 1 N–H and O–H groups in total. The van der Waals surface area contributed by atoms with E-state index in [4.69, 9.17) is 23.2 Å². The molecule has 4 fully saturated rings. The van der Waals surface area contributed by atoms with E-state index in [0.29, 0.717) is 22.6 Å². The lowest BCUT2D eigenvalue weighted by atomic mass is 9.75. The number of amides is 2. The third-order valence-corrected chi connectivity index (χ3v) is 10.9. The Morgan fingerprint density at radius 2 is 1.82 bits per heavy atom. The summed E-state index contributed by atoms with van der Waals surface area (Å²) in [7, 11) is 0. The Morgan fingerprint density at radius 1 is 1.02 bits per heavy atom. The van der Waals surface area contributed by atoms with Crippen LogP contribution in [0.1, 0.15) is 62.5 Å². The fourth-order valence-corrected chi connectivity index (χ4v) is 7.69. The first-order valence-corrected chi connectivity index (χ1v) is 15.6. The van der Waals surface area contributed by atoms with Gasteiger partial charge in [-0.1, -0.05) is 47.8 Å². The monoisotopic (exact) mass is 582 g/mol. The summed E-state index contributed by atoms with van der Waals surface area (Å²) in [5.74, 6) is 0.717. The van der Waals surface area contributed by atoms with E-state index in [-0.39, 0.29) is 17.2 Å². The van der Waals surface area contributed by atoms with Crippen molar-refractivity contribution in [2.75, 3.05) is 44.3 Å². The molecule has 1 saturated carbocycles. The van der Waals surface area contributed by atoms with E-state index in [9.17, 15) is 9.59 Å². The van der Waals surface area contributed by atoms with Crippen LogP contribution in [-0.2, 0) is 15.0 Å². The van der Waals surface area contributed by atoms with E-state index in [1.807, 2.05) is 12.1 Å². The Kier molecular flexibility index (Phi) is 7.79. The van der Waals surface area contributed by atoms with E-state index >= 15 is 0 Å². The van der Waals surface area contributed by atoms with Crippen molar-refractivity contribution < 1.29 is 9.59 Å². The summed E-state index contributed by atoms with van der Waals surface area (Å²) in [6, 6.07) is 14.5. The maximum Gasteiger partial charge on any atom is 0.247 e. The summed E-state index contributed by atoms with van der Waals surface area (Å²) < 4.78 is 0. The number of halogens is 2. The molecule has 2 aromatic carbocycles. The third-order valence-electron chi connectivity index (χ3n) is 10.1. The maximum absolute atomic E-state index is 13.1. The Hall–Kier alpha value is -2.28. The van der Waals surface area contributed by atoms with Crippen LogP contribution in [0.5, 0.6) is 0 Å². The Labute approximate surface area is 248 Å². The molecule has 214 valence electrons. The standard InChI is InChI=1S/C32H40Cl2N4O2/c1-23-5-2-8-26(19-23)38-22-35-30(40)32(38)13-16-36(17-14-32)15-4-11-31(25-9-10-27(33)28(34)20-25)12-18-37(21-31)29(39)24-6-3-7-24/h2,5,8-10,19-20,24H,3-4,6-7,11-18,21-22H2,1H3,(H,35,40). The topological polar surface area (TPSA) is 55.9 Å². The molecule has 3 heterocycles. The van der Waals surface area contributed by atoms with E-state index in [2.05, 4.69) is 57.3 Å². The number of nitrogens with zero attached hydrogens (tertiary/aromatic N) is 3. The van der Waals surface area contributed by atoms with Gasteiger partial charge >= 0.3 is 0 Å². The highest BCUT2D eigenvalue weighted by atomic mass is 35.5. The Morgan fingerprint density at radius 3 is 2.52 bits per heavy atom. The van der Waals surface area contributed by atoms with Crippen LogP contribution < -0.4 is 10.2 Å². The molecule has 40 heavy (non-hydrogen) atoms. The fourth-order valence-electron chi connectivity index (χ4n) is 7.39. The van der Waals surface area contributed by atoms with E-state index in [0.717, 1.165) is 83.4 Å². The van der Waals surface area contributed by atoms with Gasteiger partial charge in [0, 0.05) is 43.2 Å². The van der Waals surface area contributed by atoms with Gasteiger partial charge in [0.1, 0.15) is 5.54 Å². The van der Waals surface area contributed by atoms with Gasteiger partial charge in [-0.15, -0.1) is 0 Å². The number of anilines is 1. The van der Waals surface area contributed by atoms with Crippen LogP contribution in [0, 0.1) is 12.8 Å². The second kappa shape index (κ2) is 11.2. The second-order valence-corrected chi connectivity index (χ2v) is 13.3. The van der Waals surface area contributed by atoms with Gasteiger partial charge < -0.3 is 20.0 Å². The number of carbonyl (C=O) groups is 2. The molecule has 6 nitrogen and oxygen atoms in total. The van der Waals surface area contributed by atoms with Crippen LogP contribution in [0.4, 0.5) is 5.69 Å². The minimum Gasteiger partial charge on any atom is -0.342 e. The first-order valence-electron chi connectivity index (χ1n) is 14.9. The number of rotatable bonds is 7. The highest BCUT2D eigenvalue weighted by Crippen LogP contribution is 2.43. The largest absolute Gasteiger partial charge is 0.342 e. The number of benzene rings is 2. The lowest BCUT2D eigenvalue weighted by Crippen LogP contribution is -2.56. The molecular weight excluding hydrogens is 543 g/mol. The first-order chi connectivity index (χ1) is 19.3. The van der Waals surface area contributed by atoms with Crippen molar-refractivity contribution in [3.05, 3.63) is 63.6 Å². The van der Waals surface area contributed by atoms with Crippen molar-refractivity contribution in [2.45, 2.75) is 69.2 Å². The smallest absolute Gasteiger partial charge is 0.247 e. The number of aryl methyl sites for hydroxylation is 1. The van der Waals surface area contributed by atoms with Crippen LogP contribution in [-0.4, -0.2) is 66.5 Å². The van der Waals surface area contributed by atoms with Gasteiger partial charge in [-0.2, -0.15) is 0 Å². The molecule has 8 heteroatoms. The van der Waals surface area contributed by atoms with Crippen LogP contribution >= 0.6 is 23.2 Å². The molecule has 3 saturated heterocycles. The van der Waals surface area contributed by atoms with Crippen molar-refractivity contribution >= 4 is 40.7 Å². The van der Waals surface area contributed by atoms with Crippen molar-refractivity contribution in [1.29, 1.82) is 0 Å². The number of hydrogen-bond acceptors (Lipinski definition) is 4. The number of carbonyl (C=O) groups excluding carboxylic acids is 2. The predicted molar refractivity (Wildman–Crippen MR) is 161 cm³/mol. The zero-order valence-corrected chi connectivity index (χ0v) is 24.9. The molecular formula is C32H40Cl2N4O2. The Balaban J connectivity index is 1.11. The lowest BCUT2D eigenvalue weighted by molar-refractivity contribution is -0.137. The van der Waals surface area contributed by atoms with Crippen LogP contribution in [0.25, 0.3) is 0 Å². The van der Waals surface area contributed by atoms with Crippen molar-refractivity contribution in [3.8, 4) is 0 Å². The molecule has 4 aliphatic rings. The van der Waals surface area contributed by atoms with Crippen LogP contribution in [0.2, 0.25) is 10.0 Å². The van der Waals surface area contributed by atoms with Crippen molar-refractivity contribution in [2.24, 2.45) is 5.92 Å². The molecule has 1 atom stereocenters. The summed E-state index contributed by atoms with van der Waals surface area (Å²) >= 11 is 12.7. The lowest BCUT2D eigenvalue weighted by Gasteiger charge is -2.43. The molecule has 1 aliphatic carbocycles. The van der Waals surface area contributed by atoms with Crippen molar-refractivity contribution in [1.82, 2.24) is 15.1 Å². The highest BCUT2D eigenvalue weighted by Gasteiger charge is 2.50. The minimum atomic E-state index is -0.459. The number of nitrogens with one attached hydrogen (secondary N) is 1. The number of piperidine rings is 1. The molecule has 6 rings (SSSR count). The molecule has 0 radical (unpaired) electrons. The maximum atomic E-state index is 13.1. The van der Waals surface area contributed by atoms with Gasteiger partial charge in [0.25, 0.3) is 0 Å².